The highest BCUT2D eigenvalue weighted by Gasteiger charge is 2.23. The number of ether oxygens (including phenoxy) is 1. The van der Waals surface area contributed by atoms with Crippen molar-refractivity contribution in [2.45, 2.75) is 31.8 Å². The number of fused-ring (bicyclic) bond motifs is 1. The third-order valence-corrected chi connectivity index (χ3v) is 6.99. The Morgan fingerprint density at radius 2 is 1.94 bits per heavy atom. The van der Waals surface area contributed by atoms with Crippen LogP contribution in [0.15, 0.2) is 65.5 Å². The highest BCUT2D eigenvalue weighted by atomic mass is 79.9. The third kappa shape index (κ3) is 5.36. The Balaban J connectivity index is 1.26. The second kappa shape index (κ2) is 10.5. The van der Waals surface area contributed by atoms with Crippen molar-refractivity contribution in [1.82, 2.24) is 24.5 Å². The minimum absolute atomic E-state index is 0.305. The molecule has 4 heterocycles. The predicted octanol–water partition coefficient (Wildman–Crippen LogP) is 4.67. The lowest BCUT2D eigenvalue weighted by Crippen LogP contribution is -2.32. The number of esters is 1. The first-order valence-electron chi connectivity index (χ1n) is 11.7. The van der Waals surface area contributed by atoms with Gasteiger partial charge in [0.05, 0.1) is 23.3 Å². The maximum Gasteiger partial charge on any atom is 0.337 e. The Kier molecular flexibility index (Phi) is 7.06. The molecule has 0 amide bonds. The number of benzene rings is 1. The Labute approximate surface area is 212 Å². The number of nitrogens with zero attached hydrogens (tertiary/aromatic N) is 5. The standard InChI is InChI=1S/C26H27BrN6O2/c1-35-26(34)21-6-4-18(5-7-21)17-32-11-8-20(9-12-32)23-13-24(29-15-19-3-2-10-28-14-19)33-25(31-23)22(27)16-30-33/h2-7,10,13-14,16,20,29H,8-9,11-12,15,17H2,1H3. The van der Waals surface area contributed by atoms with Crippen LogP contribution < -0.4 is 5.32 Å². The van der Waals surface area contributed by atoms with Crippen molar-refractivity contribution >= 4 is 33.4 Å². The molecule has 1 saturated heterocycles. The van der Waals surface area contributed by atoms with E-state index in [9.17, 15) is 4.79 Å². The first-order chi connectivity index (χ1) is 17.1. The first-order valence-corrected chi connectivity index (χ1v) is 12.5. The van der Waals surface area contributed by atoms with Crippen LogP contribution in [0.4, 0.5) is 5.82 Å². The summed E-state index contributed by atoms with van der Waals surface area (Å²) < 4.78 is 7.51. The summed E-state index contributed by atoms with van der Waals surface area (Å²) in [5, 5.41) is 8.00. The van der Waals surface area contributed by atoms with Gasteiger partial charge in [0.2, 0.25) is 0 Å². The summed E-state index contributed by atoms with van der Waals surface area (Å²) in [6, 6.07) is 13.8. The van der Waals surface area contributed by atoms with Crippen molar-refractivity contribution in [3.05, 3.63) is 87.9 Å². The molecule has 0 radical (unpaired) electrons. The maximum absolute atomic E-state index is 11.7. The summed E-state index contributed by atoms with van der Waals surface area (Å²) in [6.07, 6.45) is 7.51. The van der Waals surface area contributed by atoms with E-state index in [2.05, 4.69) is 48.4 Å². The number of hydrogen-bond acceptors (Lipinski definition) is 7. The molecular formula is C26H27BrN6O2. The van der Waals surface area contributed by atoms with E-state index < -0.39 is 0 Å². The number of rotatable bonds is 7. The third-order valence-electron chi connectivity index (χ3n) is 6.43. The van der Waals surface area contributed by atoms with E-state index in [4.69, 9.17) is 9.72 Å². The topological polar surface area (TPSA) is 84.7 Å². The molecule has 1 aliphatic heterocycles. The number of piperidine rings is 1. The van der Waals surface area contributed by atoms with Crippen LogP contribution in [-0.2, 0) is 17.8 Å². The minimum atomic E-state index is -0.305. The number of carbonyl (C=O) groups excluding carboxylic acids is 1. The molecule has 0 saturated carbocycles. The molecule has 0 spiro atoms. The fraction of sp³-hybridized carbons (Fsp3) is 0.308. The molecule has 5 rings (SSSR count). The normalized spacial score (nSPS) is 14.8. The second-order valence-electron chi connectivity index (χ2n) is 8.75. The van der Waals surface area contributed by atoms with E-state index >= 15 is 0 Å². The average Bonchev–Trinajstić information content (AvgIpc) is 3.29. The molecule has 180 valence electrons. The molecule has 1 N–H and O–H groups in total. The average molecular weight is 535 g/mol. The van der Waals surface area contributed by atoms with Crippen molar-refractivity contribution in [2.75, 3.05) is 25.5 Å². The van der Waals surface area contributed by atoms with Crippen molar-refractivity contribution < 1.29 is 9.53 Å². The molecule has 9 heteroatoms. The van der Waals surface area contributed by atoms with Gasteiger partial charge in [0, 0.05) is 43.2 Å². The molecule has 0 unspecified atom stereocenters. The quantitative estimate of drug-likeness (QED) is 0.345. The number of nitrogens with one attached hydrogen (secondary N) is 1. The molecule has 0 bridgehead atoms. The highest BCUT2D eigenvalue weighted by molar-refractivity contribution is 9.10. The number of likely N-dealkylation sites (tertiary alicyclic amines) is 1. The smallest absolute Gasteiger partial charge is 0.337 e. The van der Waals surface area contributed by atoms with Crippen LogP contribution in [0.1, 0.15) is 45.9 Å². The number of carbonyl (C=O) groups is 1. The van der Waals surface area contributed by atoms with Gasteiger partial charge in [-0.05, 0) is 71.2 Å². The predicted molar refractivity (Wildman–Crippen MR) is 137 cm³/mol. The molecule has 0 atom stereocenters. The van der Waals surface area contributed by atoms with E-state index in [0.717, 1.165) is 59.7 Å². The van der Waals surface area contributed by atoms with Crippen LogP contribution >= 0.6 is 15.9 Å². The Morgan fingerprint density at radius 3 is 2.66 bits per heavy atom. The zero-order valence-corrected chi connectivity index (χ0v) is 21.1. The fourth-order valence-corrected chi connectivity index (χ4v) is 4.84. The SMILES string of the molecule is COC(=O)c1ccc(CN2CCC(c3cc(NCc4cccnc4)n4ncc(Br)c4n3)CC2)cc1. The van der Waals surface area contributed by atoms with Crippen molar-refractivity contribution in [1.29, 1.82) is 0 Å². The van der Waals surface area contributed by atoms with Crippen LogP contribution in [-0.4, -0.2) is 50.7 Å². The van der Waals surface area contributed by atoms with Crippen LogP contribution in [0, 0.1) is 0 Å². The molecule has 1 fully saturated rings. The zero-order chi connectivity index (χ0) is 24.2. The van der Waals surface area contributed by atoms with Crippen LogP contribution in [0.25, 0.3) is 5.65 Å². The van der Waals surface area contributed by atoms with Gasteiger partial charge in [-0.15, -0.1) is 0 Å². The second-order valence-corrected chi connectivity index (χ2v) is 9.60. The van der Waals surface area contributed by atoms with Crippen molar-refractivity contribution in [3.63, 3.8) is 0 Å². The number of hydrogen-bond donors (Lipinski definition) is 1. The summed E-state index contributed by atoms with van der Waals surface area (Å²) in [5.41, 5.74) is 4.80. The molecule has 1 aliphatic rings. The van der Waals surface area contributed by atoms with Crippen molar-refractivity contribution in [3.8, 4) is 0 Å². The van der Waals surface area contributed by atoms with Gasteiger partial charge in [-0.2, -0.15) is 9.61 Å². The summed E-state index contributed by atoms with van der Waals surface area (Å²) in [6.45, 7) is 3.52. The highest BCUT2D eigenvalue weighted by Crippen LogP contribution is 2.31. The number of pyridine rings is 1. The van der Waals surface area contributed by atoms with Gasteiger partial charge in [0.25, 0.3) is 0 Å². The zero-order valence-electron chi connectivity index (χ0n) is 19.5. The van der Waals surface area contributed by atoms with Gasteiger partial charge in [0.15, 0.2) is 5.65 Å². The van der Waals surface area contributed by atoms with E-state index in [1.165, 1.54) is 12.7 Å². The molecule has 8 nitrogen and oxygen atoms in total. The van der Waals surface area contributed by atoms with Crippen LogP contribution in [0.2, 0.25) is 0 Å². The Bertz CT molecular complexity index is 1300. The number of aromatic nitrogens is 4. The van der Waals surface area contributed by atoms with Crippen LogP contribution in [0.5, 0.6) is 0 Å². The van der Waals surface area contributed by atoms with Gasteiger partial charge in [-0.25, -0.2) is 9.78 Å². The van der Waals surface area contributed by atoms with Gasteiger partial charge in [0.1, 0.15) is 5.82 Å². The van der Waals surface area contributed by atoms with Gasteiger partial charge in [-0.1, -0.05) is 18.2 Å². The van der Waals surface area contributed by atoms with Gasteiger partial charge < -0.3 is 10.1 Å². The largest absolute Gasteiger partial charge is 0.465 e. The van der Waals surface area contributed by atoms with Crippen LogP contribution in [0.3, 0.4) is 0 Å². The molecule has 35 heavy (non-hydrogen) atoms. The summed E-state index contributed by atoms with van der Waals surface area (Å²) >= 11 is 3.60. The fourth-order valence-electron chi connectivity index (χ4n) is 4.49. The number of anilines is 1. The van der Waals surface area contributed by atoms with Gasteiger partial charge in [-0.3, -0.25) is 9.88 Å². The Hall–Kier alpha value is -3.30. The lowest BCUT2D eigenvalue weighted by Gasteiger charge is -2.32. The summed E-state index contributed by atoms with van der Waals surface area (Å²) in [5.74, 6) is 1.01. The minimum Gasteiger partial charge on any atom is -0.465 e. The molecule has 3 aromatic heterocycles. The molecular weight excluding hydrogens is 508 g/mol. The first kappa shape index (κ1) is 23.4. The van der Waals surface area contributed by atoms with E-state index in [1.807, 2.05) is 41.0 Å². The molecule has 1 aromatic carbocycles. The molecule has 0 aliphatic carbocycles. The summed E-state index contributed by atoms with van der Waals surface area (Å²) in [4.78, 5) is 23.3. The van der Waals surface area contributed by atoms with E-state index in [1.54, 1.807) is 12.4 Å². The maximum atomic E-state index is 11.7. The van der Waals surface area contributed by atoms with E-state index in [-0.39, 0.29) is 5.97 Å². The number of halogens is 1. The van der Waals surface area contributed by atoms with Gasteiger partial charge >= 0.3 is 5.97 Å². The Morgan fingerprint density at radius 1 is 1.14 bits per heavy atom. The van der Waals surface area contributed by atoms with E-state index in [0.29, 0.717) is 18.0 Å². The summed E-state index contributed by atoms with van der Waals surface area (Å²) in [7, 11) is 1.40. The number of methoxy groups -OCH3 is 1. The monoisotopic (exact) mass is 534 g/mol. The van der Waals surface area contributed by atoms with Crippen molar-refractivity contribution in [2.24, 2.45) is 0 Å². The lowest BCUT2D eigenvalue weighted by atomic mass is 9.93. The lowest BCUT2D eigenvalue weighted by molar-refractivity contribution is 0.0600. The molecule has 4 aromatic rings.